The fraction of sp³-hybridized carbons (Fsp3) is 0.933. The lowest BCUT2D eigenvalue weighted by molar-refractivity contribution is -0.158. The lowest BCUT2D eigenvalue weighted by atomic mass is 9.71. The van der Waals surface area contributed by atoms with Crippen LogP contribution in [0.25, 0.3) is 0 Å². The van der Waals surface area contributed by atoms with Gasteiger partial charge < -0.3 is 10.1 Å². The van der Waals surface area contributed by atoms with Crippen molar-refractivity contribution in [3.05, 3.63) is 0 Å². The molecule has 0 radical (unpaired) electrons. The van der Waals surface area contributed by atoms with Gasteiger partial charge in [-0.3, -0.25) is 4.79 Å². The Labute approximate surface area is 111 Å². The zero-order valence-electron chi connectivity index (χ0n) is 12.2. The van der Waals surface area contributed by atoms with Crippen molar-refractivity contribution in [3.8, 4) is 0 Å². The summed E-state index contributed by atoms with van der Waals surface area (Å²) in [5, 5.41) is 3.26. The summed E-state index contributed by atoms with van der Waals surface area (Å²) in [5.74, 6) is 1.14. The molecule has 3 heteroatoms. The molecule has 0 aromatic rings. The average Bonchev–Trinajstić information content (AvgIpc) is 2.60. The molecule has 1 aliphatic heterocycles. The van der Waals surface area contributed by atoms with Gasteiger partial charge in [0.05, 0.1) is 5.92 Å². The van der Waals surface area contributed by atoms with Crippen LogP contribution in [-0.4, -0.2) is 25.2 Å². The predicted molar refractivity (Wildman–Crippen MR) is 72.2 cm³/mol. The first-order valence-electron chi connectivity index (χ1n) is 7.28. The van der Waals surface area contributed by atoms with E-state index >= 15 is 0 Å². The average molecular weight is 253 g/mol. The Kier molecular flexibility index (Phi) is 4.00. The van der Waals surface area contributed by atoms with Crippen LogP contribution < -0.4 is 5.32 Å². The maximum atomic E-state index is 12.2. The summed E-state index contributed by atoms with van der Waals surface area (Å²) in [6, 6.07) is 0. The topological polar surface area (TPSA) is 38.3 Å². The van der Waals surface area contributed by atoms with Crippen LogP contribution in [0.1, 0.15) is 47.0 Å². The first-order chi connectivity index (χ1) is 8.37. The molecule has 3 nitrogen and oxygen atoms in total. The van der Waals surface area contributed by atoms with Gasteiger partial charge in [-0.2, -0.15) is 0 Å². The highest BCUT2D eigenvalue weighted by Crippen LogP contribution is 2.40. The molecule has 1 saturated heterocycles. The first-order valence-corrected chi connectivity index (χ1v) is 7.28. The third-order valence-corrected chi connectivity index (χ3v) is 4.45. The van der Waals surface area contributed by atoms with Crippen molar-refractivity contribution in [1.29, 1.82) is 0 Å². The minimum Gasteiger partial charge on any atom is -0.462 e. The third kappa shape index (κ3) is 3.25. The lowest BCUT2D eigenvalue weighted by Crippen LogP contribution is -2.36. The summed E-state index contributed by atoms with van der Waals surface area (Å²) < 4.78 is 5.77. The molecule has 104 valence electrons. The summed E-state index contributed by atoms with van der Waals surface area (Å²) in [5.41, 5.74) is 0.308. The molecular formula is C15H27NO2. The van der Waals surface area contributed by atoms with Crippen LogP contribution in [0.2, 0.25) is 0 Å². The molecule has 18 heavy (non-hydrogen) atoms. The van der Waals surface area contributed by atoms with Crippen molar-refractivity contribution in [2.75, 3.05) is 13.1 Å². The smallest absolute Gasteiger partial charge is 0.310 e. The van der Waals surface area contributed by atoms with Crippen LogP contribution in [-0.2, 0) is 9.53 Å². The van der Waals surface area contributed by atoms with E-state index in [-0.39, 0.29) is 18.0 Å². The maximum absolute atomic E-state index is 12.2. The second-order valence-electron chi connectivity index (χ2n) is 7.21. The molecule has 0 spiro atoms. The normalized spacial score (nSPS) is 39.6. The highest BCUT2D eigenvalue weighted by Gasteiger charge is 2.37. The predicted octanol–water partition coefficient (Wildman–Crippen LogP) is 2.60. The van der Waals surface area contributed by atoms with Gasteiger partial charge in [-0.15, -0.1) is 0 Å². The third-order valence-electron chi connectivity index (χ3n) is 4.45. The molecule has 1 N–H and O–H groups in total. The van der Waals surface area contributed by atoms with E-state index in [4.69, 9.17) is 4.74 Å². The summed E-state index contributed by atoms with van der Waals surface area (Å²) in [6.45, 7) is 10.7. The van der Waals surface area contributed by atoms with Gasteiger partial charge in [0, 0.05) is 6.54 Å². The SMILES string of the molecule is CC1CC(OC(=O)C2CNCC2C)CC(C)(C)C1. The van der Waals surface area contributed by atoms with Crippen LogP contribution >= 0.6 is 0 Å². The lowest BCUT2D eigenvalue weighted by Gasteiger charge is -2.38. The van der Waals surface area contributed by atoms with Crippen molar-refractivity contribution in [3.63, 3.8) is 0 Å². The van der Waals surface area contributed by atoms with Crippen molar-refractivity contribution >= 4 is 5.97 Å². The van der Waals surface area contributed by atoms with E-state index in [1.165, 1.54) is 6.42 Å². The zero-order chi connectivity index (χ0) is 13.3. The highest BCUT2D eigenvalue weighted by atomic mass is 16.5. The standard InChI is InChI=1S/C15H27NO2/c1-10-5-12(7-15(3,4)6-10)18-14(17)13-9-16-8-11(13)2/h10-13,16H,5-9H2,1-4H3. The molecule has 1 heterocycles. The van der Waals surface area contributed by atoms with Crippen molar-refractivity contribution in [2.45, 2.75) is 53.1 Å². The molecule has 0 amide bonds. The minimum atomic E-state index is 0.0161. The highest BCUT2D eigenvalue weighted by molar-refractivity contribution is 5.73. The summed E-state index contributed by atoms with van der Waals surface area (Å²) in [4.78, 5) is 12.2. The Bertz CT molecular complexity index is 314. The number of rotatable bonds is 2. The van der Waals surface area contributed by atoms with E-state index < -0.39 is 0 Å². The Morgan fingerprint density at radius 1 is 1.22 bits per heavy atom. The quantitative estimate of drug-likeness (QED) is 0.769. The Morgan fingerprint density at radius 3 is 2.50 bits per heavy atom. The molecule has 0 aromatic heterocycles. The van der Waals surface area contributed by atoms with E-state index in [1.807, 2.05) is 0 Å². The van der Waals surface area contributed by atoms with E-state index in [0.29, 0.717) is 17.3 Å². The number of hydrogen-bond donors (Lipinski definition) is 1. The second kappa shape index (κ2) is 5.20. The molecule has 1 aliphatic carbocycles. The van der Waals surface area contributed by atoms with Gasteiger partial charge in [-0.1, -0.05) is 27.7 Å². The number of nitrogens with one attached hydrogen (secondary N) is 1. The van der Waals surface area contributed by atoms with E-state index in [0.717, 1.165) is 25.9 Å². The van der Waals surface area contributed by atoms with E-state index in [1.54, 1.807) is 0 Å². The monoisotopic (exact) mass is 253 g/mol. The number of esters is 1. The maximum Gasteiger partial charge on any atom is 0.310 e. The summed E-state index contributed by atoms with van der Waals surface area (Å²) >= 11 is 0. The fourth-order valence-corrected chi connectivity index (χ4v) is 3.73. The van der Waals surface area contributed by atoms with Crippen molar-refractivity contribution < 1.29 is 9.53 Å². The largest absolute Gasteiger partial charge is 0.462 e. The first kappa shape index (κ1) is 13.9. The van der Waals surface area contributed by atoms with Crippen molar-refractivity contribution in [1.82, 2.24) is 5.32 Å². The van der Waals surface area contributed by atoms with Crippen molar-refractivity contribution in [2.24, 2.45) is 23.2 Å². The van der Waals surface area contributed by atoms with Crippen LogP contribution in [0.5, 0.6) is 0 Å². The molecular weight excluding hydrogens is 226 g/mol. The number of carbonyl (C=O) groups excluding carboxylic acids is 1. The van der Waals surface area contributed by atoms with Gasteiger partial charge in [0.25, 0.3) is 0 Å². The molecule has 1 saturated carbocycles. The number of carbonyl (C=O) groups is 1. The van der Waals surface area contributed by atoms with E-state index in [9.17, 15) is 4.79 Å². The van der Waals surface area contributed by atoms with Gasteiger partial charge in [0.2, 0.25) is 0 Å². The fourth-order valence-electron chi connectivity index (χ4n) is 3.73. The van der Waals surface area contributed by atoms with E-state index in [2.05, 4.69) is 33.0 Å². The number of hydrogen-bond acceptors (Lipinski definition) is 3. The van der Waals surface area contributed by atoms with Crippen LogP contribution in [0.3, 0.4) is 0 Å². The Balaban J connectivity index is 1.90. The summed E-state index contributed by atoms with van der Waals surface area (Å²) in [7, 11) is 0. The molecule has 0 bridgehead atoms. The van der Waals surface area contributed by atoms with Gasteiger partial charge in [-0.25, -0.2) is 0 Å². The van der Waals surface area contributed by atoms with Gasteiger partial charge >= 0.3 is 5.97 Å². The van der Waals surface area contributed by atoms with Gasteiger partial charge in [0.15, 0.2) is 0 Å². The van der Waals surface area contributed by atoms with Crippen LogP contribution in [0, 0.1) is 23.2 Å². The summed E-state index contributed by atoms with van der Waals surface area (Å²) in [6.07, 6.45) is 3.41. The Morgan fingerprint density at radius 2 is 1.94 bits per heavy atom. The molecule has 0 aromatic carbocycles. The minimum absolute atomic E-state index is 0.0161. The van der Waals surface area contributed by atoms with Gasteiger partial charge in [0.1, 0.15) is 6.10 Å². The Hall–Kier alpha value is -0.570. The number of ether oxygens (including phenoxy) is 1. The second-order valence-corrected chi connectivity index (χ2v) is 7.21. The molecule has 2 fully saturated rings. The molecule has 2 rings (SSSR count). The molecule has 2 aliphatic rings. The molecule has 4 unspecified atom stereocenters. The van der Waals surface area contributed by atoms with Crippen LogP contribution in [0.15, 0.2) is 0 Å². The zero-order valence-corrected chi connectivity index (χ0v) is 12.2. The van der Waals surface area contributed by atoms with Gasteiger partial charge in [-0.05, 0) is 43.1 Å². The molecule has 4 atom stereocenters. The van der Waals surface area contributed by atoms with Crippen LogP contribution in [0.4, 0.5) is 0 Å².